The van der Waals surface area contributed by atoms with Crippen LogP contribution in [0.4, 0.5) is 0 Å². The number of hydrogen-bond acceptors (Lipinski definition) is 4. The fourth-order valence-electron chi connectivity index (χ4n) is 2.35. The van der Waals surface area contributed by atoms with Crippen molar-refractivity contribution in [1.82, 2.24) is 10.0 Å². The molecule has 7 heteroatoms. The first kappa shape index (κ1) is 17.1. The fourth-order valence-corrected chi connectivity index (χ4v) is 4.39. The molecule has 1 saturated carbocycles. The molecule has 128 valence electrons. The minimum atomic E-state index is -3.55. The number of carbonyl (C=O) groups excluding carboxylic acids is 1. The van der Waals surface area contributed by atoms with Gasteiger partial charge in [0.1, 0.15) is 0 Å². The number of aryl methyl sites for hydroxylation is 1. The molecule has 3 rings (SSSR count). The van der Waals surface area contributed by atoms with Gasteiger partial charge in [0, 0.05) is 23.0 Å². The van der Waals surface area contributed by atoms with Crippen molar-refractivity contribution in [2.45, 2.75) is 37.1 Å². The van der Waals surface area contributed by atoms with E-state index in [-0.39, 0.29) is 16.8 Å². The molecule has 1 heterocycles. The van der Waals surface area contributed by atoms with Gasteiger partial charge in [-0.15, -0.1) is 11.3 Å². The van der Waals surface area contributed by atoms with Gasteiger partial charge in [0.25, 0.3) is 5.91 Å². The average Bonchev–Trinajstić information content (AvgIpc) is 3.18. The van der Waals surface area contributed by atoms with Crippen LogP contribution in [0.25, 0.3) is 0 Å². The van der Waals surface area contributed by atoms with Gasteiger partial charge >= 0.3 is 0 Å². The van der Waals surface area contributed by atoms with Gasteiger partial charge in [-0.1, -0.05) is 12.1 Å². The lowest BCUT2D eigenvalue weighted by Crippen LogP contribution is -2.28. The minimum Gasteiger partial charge on any atom is -0.352 e. The molecule has 1 aromatic carbocycles. The van der Waals surface area contributed by atoms with Crippen LogP contribution in [0.15, 0.2) is 40.6 Å². The molecule has 5 nitrogen and oxygen atoms in total. The molecule has 1 fully saturated rings. The number of thiophene rings is 1. The molecule has 1 aromatic heterocycles. The third-order valence-corrected chi connectivity index (χ3v) is 6.35. The Balaban J connectivity index is 1.69. The van der Waals surface area contributed by atoms with E-state index in [1.165, 1.54) is 10.9 Å². The van der Waals surface area contributed by atoms with Crippen LogP contribution in [-0.4, -0.2) is 26.9 Å². The second kappa shape index (κ2) is 7.04. The van der Waals surface area contributed by atoms with Crippen LogP contribution in [0.5, 0.6) is 0 Å². The summed E-state index contributed by atoms with van der Waals surface area (Å²) in [6.07, 6.45) is 2.52. The standard InChI is InChI=1S/C17H20N2O3S2/c1-12-4-7-15(24(21,22)19-13-5-6-13)11-16(12)17(20)18-9-8-14-3-2-10-23-14/h2-4,7,10-11,13,19H,5-6,8-9H2,1H3,(H,18,20). The number of rotatable bonds is 7. The molecule has 2 aromatic rings. The average molecular weight is 364 g/mol. The number of benzene rings is 1. The molecule has 0 atom stereocenters. The van der Waals surface area contributed by atoms with E-state index >= 15 is 0 Å². The van der Waals surface area contributed by atoms with E-state index in [1.54, 1.807) is 30.4 Å². The zero-order chi connectivity index (χ0) is 17.2. The second-order valence-corrected chi connectivity index (χ2v) is 8.70. The van der Waals surface area contributed by atoms with Crippen molar-refractivity contribution in [3.05, 3.63) is 51.7 Å². The Morgan fingerprint density at radius 1 is 1.29 bits per heavy atom. The highest BCUT2D eigenvalue weighted by atomic mass is 32.2. The van der Waals surface area contributed by atoms with Crippen LogP contribution in [0.2, 0.25) is 0 Å². The summed E-state index contributed by atoms with van der Waals surface area (Å²) in [5, 5.41) is 4.86. The Hall–Kier alpha value is -1.70. The van der Waals surface area contributed by atoms with Crippen molar-refractivity contribution in [2.75, 3.05) is 6.54 Å². The van der Waals surface area contributed by atoms with Crippen LogP contribution in [0.3, 0.4) is 0 Å². The van der Waals surface area contributed by atoms with Crippen molar-refractivity contribution in [3.63, 3.8) is 0 Å². The molecular formula is C17H20N2O3S2. The van der Waals surface area contributed by atoms with E-state index in [2.05, 4.69) is 10.0 Å². The number of hydrogen-bond donors (Lipinski definition) is 2. The highest BCUT2D eigenvalue weighted by Crippen LogP contribution is 2.23. The molecular weight excluding hydrogens is 344 g/mol. The lowest BCUT2D eigenvalue weighted by molar-refractivity contribution is 0.0953. The summed E-state index contributed by atoms with van der Waals surface area (Å²) in [5.41, 5.74) is 1.16. The third-order valence-electron chi connectivity index (χ3n) is 3.90. The molecule has 1 aliphatic carbocycles. The van der Waals surface area contributed by atoms with Crippen molar-refractivity contribution in [1.29, 1.82) is 0 Å². The molecule has 1 amide bonds. The summed E-state index contributed by atoms with van der Waals surface area (Å²) in [5.74, 6) is -0.243. The molecule has 0 aliphatic heterocycles. The summed E-state index contributed by atoms with van der Waals surface area (Å²) in [6, 6.07) is 8.73. The predicted molar refractivity (Wildman–Crippen MR) is 94.9 cm³/mol. The smallest absolute Gasteiger partial charge is 0.251 e. The largest absolute Gasteiger partial charge is 0.352 e. The lowest BCUT2D eigenvalue weighted by Gasteiger charge is -2.11. The highest BCUT2D eigenvalue weighted by Gasteiger charge is 2.28. The Morgan fingerprint density at radius 2 is 2.08 bits per heavy atom. The SMILES string of the molecule is Cc1ccc(S(=O)(=O)NC2CC2)cc1C(=O)NCCc1cccs1. The zero-order valence-corrected chi connectivity index (χ0v) is 15.0. The van der Waals surface area contributed by atoms with Gasteiger partial charge in [-0.2, -0.15) is 0 Å². The number of amides is 1. The zero-order valence-electron chi connectivity index (χ0n) is 13.4. The second-order valence-electron chi connectivity index (χ2n) is 5.96. The first-order valence-electron chi connectivity index (χ1n) is 7.89. The van der Waals surface area contributed by atoms with E-state index in [0.717, 1.165) is 24.8 Å². The van der Waals surface area contributed by atoms with Crippen LogP contribution in [-0.2, 0) is 16.4 Å². The minimum absolute atomic E-state index is 0.0411. The third kappa shape index (κ3) is 4.23. The molecule has 0 unspecified atom stereocenters. The lowest BCUT2D eigenvalue weighted by atomic mass is 10.1. The first-order chi connectivity index (χ1) is 11.5. The topological polar surface area (TPSA) is 75.3 Å². The van der Waals surface area contributed by atoms with Crippen LogP contribution in [0, 0.1) is 6.92 Å². The Labute approximate surface area is 146 Å². The number of carbonyl (C=O) groups is 1. The van der Waals surface area contributed by atoms with Gasteiger partial charge in [0.2, 0.25) is 10.0 Å². The maximum absolute atomic E-state index is 12.4. The van der Waals surface area contributed by atoms with Gasteiger partial charge in [-0.05, 0) is 55.3 Å². The normalized spacial score (nSPS) is 14.5. The maximum Gasteiger partial charge on any atom is 0.251 e. The highest BCUT2D eigenvalue weighted by molar-refractivity contribution is 7.89. The molecule has 2 N–H and O–H groups in total. The Kier molecular flexibility index (Phi) is 5.03. The van der Waals surface area contributed by atoms with Crippen molar-refractivity contribution in [3.8, 4) is 0 Å². The maximum atomic E-state index is 12.4. The number of sulfonamides is 1. The summed E-state index contributed by atoms with van der Waals surface area (Å²) < 4.78 is 27.2. The van der Waals surface area contributed by atoms with Crippen LogP contribution >= 0.6 is 11.3 Å². The van der Waals surface area contributed by atoms with Gasteiger partial charge < -0.3 is 5.32 Å². The van der Waals surface area contributed by atoms with E-state index in [1.807, 2.05) is 17.5 Å². The predicted octanol–water partition coefficient (Wildman–Crippen LogP) is 2.47. The van der Waals surface area contributed by atoms with E-state index in [9.17, 15) is 13.2 Å². The van der Waals surface area contributed by atoms with Gasteiger partial charge in [-0.3, -0.25) is 4.79 Å². The van der Waals surface area contributed by atoms with Crippen LogP contribution < -0.4 is 10.0 Å². The number of nitrogens with one attached hydrogen (secondary N) is 2. The van der Waals surface area contributed by atoms with Gasteiger partial charge in [-0.25, -0.2) is 13.1 Å². The molecule has 0 bridgehead atoms. The van der Waals surface area contributed by atoms with Crippen molar-refractivity contribution < 1.29 is 13.2 Å². The summed E-state index contributed by atoms with van der Waals surface area (Å²) in [4.78, 5) is 13.7. The molecule has 0 spiro atoms. The summed E-state index contributed by atoms with van der Waals surface area (Å²) in [7, 11) is -3.55. The van der Waals surface area contributed by atoms with Crippen LogP contribution in [0.1, 0.15) is 33.6 Å². The molecule has 1 aliphatic rings. The van der Waals surface area contributed by atoms with E-state index < -0.39 is 10.0 Å². The monoisotopic (exact) mass is 364 g/mol. The van der Waals surface area contributed by atoms with Gasteiger partial charge in [0.05, 0.1) is 4.90 Å². The van der Waals surface area contributed by atoms with Crippen molar-refractivity contribution >= 4 is 27.3 Å². The van der Waals surface area contributed by atoms with E-state index in [0.29, 0.717) is 12.1 Å². The summed E-state index contributed by atoms with van der Waals surface area (Å²) >= 11 is 1.65. The first-order valence-corrected chi connectivity index (χ1v) is 10.3. The van der Waals surface area contributed by atoms with Gasteiger partial charge in [0.15, 0.2) is 0 Å². The molecule has 0 saturated heterocycles. The molecule has 0 radical (unpaired) electrons. The molecule has 24 heavy (non-hydrogen) atoms. The Bertz CT molecular complexity index is 826. The Morgan fingerprint density at radius 3 is 2.75 bits per heavy atom. The fraction of sp³-hybridized carbons (Fsp3) is 0.353. The van der Waals surface area contributed by atoms with E-state index in [4.69, 9.17) is 0 Å². The van der Waals surface area contributed by atoms with Crippen molar-refractivity contribution in [2.24, 2.45) is 0 Å². The summed E-state index contributed by atoms with van der Waals surface area (Å²) in [6.45, 7) is 2.33. The quantitative estimate of drug-likeness (QED) is 0.792.